The van der Waals surface area contributed by atoms with Crippen LogP contribution in [0.4, 0.5) is 0 Å². The molecule has 2 heterocycles. The molecule has 2 fully saturated rings. The van der Waals surface area contributed by atoms with Gasteiger partial charge in [0, 0.05) is 0 Å². The highest BCUT2D eigenvalue weighted by Gasteiger charge is 2.50. The summed E-state index contributed by atoms with van der Waals surface area (Å²) in [4.78, 5) is 0. The molecule has 33 heavy (non-hydrogen) atoms. The molecule has 0 radical (unpaired) electrons. The van der Waals surface area contributed by atoms with Crippen molar-refractivity contribution >= 4 is 6.08 Å². The van der Waals surface area contributed by atoms with Crippen LogP contribution in [0.5, 0.6) is 11.5 Å². The number of rotatable bonds is 9. The van der Waals surface area contributed by atoms with E-state index in [2.05, 4.69) is 0 Å². The summed E-state index contributed by atoms with van der Waals surface area (Å²) in [5.41, 5.74) is -1.16. The number of hydrogen-bond acceptors (Lipinski definition) is 12. The predicted molar refractivity (Wildman–Crippen MR) is 110 cm³/mol. The van der Waals surface area contributed by atoms with Gasteiger partial charge in [0.15, 0.2) is 17.8 Å². The topological polar surface area (TPSA) is 188 Å². The Hall–Kier alpha value is -1.84. The lowest BCUT2D eigenvalue weighted by Gasteiger charge is -2.40. The molecule has 1 aromatic carbocycles. The van der Waals surface area contributed by atoms with Gasteiger partial charge in [-0.3, -0.25) is 0 Å². The van der Waals surface area contributed by atoms with Crippen molar-refractivity contribution in [1.29, 1.82) is 0 Å². The van der Waals surface area contributed by atoms with E-state index < -0.39 is 61.9 Å². The normalized spacial score (nSPS) is 36.9. The van der Waals surface area contributed by atoms with Gasteiger partial charge in [0.2, 0.25) is 6.29 Å². The lowest BCUT2D eigenvalue weighted by atomic mass is 9.99. The molecule has 0 unspecified atom stereocenters. The van der Waals surface area contributed by atoms with Crippen molar-refractivity contribution in [1.82, 2.24) is 0 Å². The molecule has 2 aliphatic heterocycles. The van der Waals surface area contributed by atoms with Gasteiger partial charge in [0.25, 0.3) is 0 Å². The molecular weight excluding hydrogens is 444 g/mol. The minimum atomic E-state index is -1.88. The van der Waals surface area contributed by atoms with Gasteiger partial charge in [-0.15, -0.1) is 0 Å². The van der Waals surface area contributed by atoms with Crippen LogP contribution in [-0.2, 0) is 14.2 Å². The van der Waals surface area contributed by atoms with Crippen molar-refractivity contribution in [2.75, 3.05) is 33.5 Å². The molecule has 0 saturated carbocycles. The molecule has 8 atom stereocenters. The quantitative estimate of drug-likeness (QED) is 0.197. The maximum Gasteiger partial charge on any atom is 0.229 e. The molecule has 0 spiro atoms. The van der Waals surface area contributed by atoms with Crippen molar-refractivity contribution in [3.8, 4) is 11.5 Å². The maximum atomic E-state index is 10.3. The Morgan fingerprint density at radius 1 is 1.06 bits per heavy atom. The molecule has 7 N–H and O–H groups in total. The zero-order valence-electron chi connectivity index (χ0n) is 17.9. The molecule has 0 aliphatic carbocycles. The van der Waals surface area contributed by atoms with Gasteiger partial charge in [0.05, 0.1) is 33.5 Å². The van der Waals surface area contributed by atoms with Crippen molar-refractivity contribution < 1.29 is 59.4 Å². The summed E-state index contributed by atoms with van der Waals surface area (Å²) in [6.45, 7) is -1.63. The molecule has 3 rings (SSSR count). The third-order valence-electron chi connectivity index (χ3n) is 5.52. The molecule has 0 amide bonds. The zero-order chi connectivity index (χ0) is 24.2. The van der Waals surface area contributed by atoms with E-state index >= 15 is 0 Å². The molecule has 0 bridgehead atoms. The average Bonchev–Trinajstić information content (AvgIpc) is 3.11. The zero-order valence-corrected chi connectivity index (χ0v) is 17.9. The SMILES string of the molecule is COc1cc(/C=C/CO)ccc1O[C@@H]1O[C@H](CO[C@@H]2OC[C@](O)(CO)[C@H]2O)[C@@H](O)[C@H](O)[C@H]1O. The van der Waals surface area contributed by atoms with Crippen molar-refractivity contribution in [2.24, 2.45) is 0 Å². The highest BCUT2D eigenvalue weighted by atomic mass is 16.7. The Morgan fingerprint density at radius 2 is 1.82 bits per heavy atom. The minimum absolute atomic E-state index is 0.130. The highest BCUT2D eigenvalue weighted by Crippen LogP contribution is 2.33. The minimum Gasteiger partial charge on any atom is -0.493 e. The molecular formula is C21H30O12. The van der Waals surface area contributed by atoms with E-state index in [1.54, 1.807) is 24.3 Å². The van der Waals surface area contributed by atoms with E-state index in [4.69, 9.17) is 28.8 Å². The largest absolute Gasteiger partial charge is 0.493 e. The van der Waals surface area contributed by atoms with E-state index in [-0.39, 0.29) is 19.0 Å². The number of aliphatic hydroxyl groups is 7. The summed E-state index contributed by atoms with van der Waals surface area (Å²) in [5.74, 6) is 0.485. The summed E-state index contributed by atoms with van der Waals surface area (Å²) in [7, 11) is 1.41. The van der Waals surface area contributed by atoms with Crippen LogP contribution < -0.4 is 9.47 Å². The van der Waals surface area contributed by atoms with E-state index in [9.17, 15) is 30.6 Å². The molecule has 1 aromatic rings. The number of methoxy groups -OCH3 is 1. The summed E-state index contributed by atoms with van der Waals surface area (Å²) in [5, 5.41) is 69.1. The third-order valence-corrected chi connectivity index (χ3v) is 5.52. The van der Waals surface area contributed by atoms with Gasteiger partial charge in [-0.25, -0.2) is 0 Å². The van der Waals surface area contributed by atoms with Crippen LogP contribution >= 0.6 is 0 Å². The Kier molecular flexibility index (Phi) is 8.64. The number of hydrogen-bond donors (Lipinski definition) is 7. The van der Waals surface area contributed by atoms with Gasteiger partial charge in [-0.2, -0.15) is 0 Å². The van der Waals surface area contributed by atoms with E-state index in [0.29, 0.717) is 5.75 Å². The lowest BCUT2D eigenvalue weighted by molar-refractivity contribution is -0.289. The van der Waals surface area contributed by atoms with Crippen LogP contribution in [0.1, 0.15) is 5.56 Å². The van der Waals surface area contributed by atoms with Crippen molar-refractivity contribution in [3.63, 3.8) is 0 Å². The Balaban J connectivity index is 1.68. The fraction of sp³-hybridized carbons (Fsp3) is 0.619. The average molecular weight is 474 g/mol. The molecule has 12 heteroatoms. The molecule has 186 valence electrons. The van der Waals surface area contributed by atoms with Gasteiger partial charge in [0.1, 0.15) is 36.1 Å². The number of aliphatic hydroxyl groups excluding tert-OH is 6. The second kappa shape index (κ2) is 11.1. The number of benzene rings is 1. The number of ether oxygens (including phenoxy) is 5. The van der Waals surface area contributed by atoms with Crippen LogP contribution in [-0.4, -0.2) is 118 Å². The van der Waals surface area contributed by atoms with E-state index in [0.717, 1.165) is 5.56 Å². The van der Waals surface area contributed by atoms with Crippen LogP contribution in [0.15, 0.2) is 24.3 Å². The molecule has 2 aliphatic rings. The Morgan fingerprint density at radius 3 is 2.45 bits per heavy atom. The van der Waals surface area contributed by atoms with E-state index in [1.807, 2.05) is 0 Å². The van der Waals surface area contributed by atoms with Gasteiger partial charge in [-0.05, 0) is 17.7 Å². The molecule has 0 aromatic heterocycles. The first-order chi connectivity index (χ1) is 15.7. The van der Waals surface area contributed by atoms with Crippen LogP contribution in [0.2, 0.25) is 0 Å². The Bertz CT molecular complexity index is 803. The second-order valence-electron chi connectivity index (χ2n) is 7.85. The summed E-state index contributed by atoms with van der Waals surface area (Å²) < 4.78 is 27.1. The van der Waals surface area contributed by atoms with Gasteiger partial charge in [-0.1, -0.05) is 18.2 Å². The third kappa shape index (κ3) is 5.63. The van der Waals surface area contributed by atoms with Gasteiger partial charge >= 0.3 is 0 Å². The van der Waals surface area contributed by atoms with Crippen LogP contribution in [0, 0.1) is 0 Å². The fourth-order valence-corrected chi connectivity index (χ4v) is 3.48. The Labute approximate surface area is 189 Å². The summed E-state index contributed by atoms with van der Waals surface area (Å²) in [6, 6.07) is 4.85. The second-order valence-corrected chi connectivity index (χ2v) is 7.85. The van der Waals surface area contributed by atoms with E-state index in [1.165, 1.54) is 13.2 Å². The predicted octanol–water partition coefficient (Wildman–Crippen LogP) is -2.66. The molecule has 12 nitrogen and oxygen atoms in total. The first-order valence-corrected chi connectivity index (χ1v) is 10.3. The summed E-state index contributed by atoms with van der Waals surface area (Å²) >= 11 is 0. The summed E-state index contributed by atoms with van der Waals surface area (Å²) in [6.07, 6.45) is -7.04. The monoisotopic (exact) mass is 474 g/mol. The smallest absolute Gasteiger partial charge is 0.229 e. The standard InChI is InChI=1S/C21H30O12/c1-29-13-7-11(3-2-6-22)4-5-12(13)32-19-17(26)16(25)15(24)14(33-19)8-30-20-18(27)21(28,9-23)10-31-20/h2-5,7,14-20,22-28H,6,8-10H2,1H3/b3-2+/t14-,15-,16+,17-,18+,19-,20-,21-/m1/s1. The molecule has 2 saturated heterocycles. The van der Waals surface area contributed by atoms with Crippen LogP contribution in [0.3, 0.4) is 0 Å². The first kappa shape index (κ1) is 25.8. The highest BCUT2D eigenvalue weighted by molar-refractivity contribution is 5.56. The van der Waals surface area contributed by atoms with Crippen molar-refractivity contribution in [2.45, 2.75) is 48.7 Å². The lowest BCUT2D eigenvalue weighted by Crippen LogP contribution is -2.60. The first-order valence-electron chi connectivity index (χ1n) is 10.3. The van der Waals surface area contributed by atoms with Crippen molar-refractivity contribution in [3.05, 3.63) is 29.8 Å². The van der Waals surface area contributed by atoms with Gasteiger partial charge < -0.3 is 59.4 Å². The fourth-order valence-electron chi connectivity index (χ4n) is 3.48. The van der Waals surface area contributed by atoms with Crippen LogP contribution in [0.25, 0.3) is 6.08 Å². The maximum absolute atomic E-state index is 10.3.